The zero-order chi connectivity index (χ0) is 77.6. The van der Waals surface area contributed by atoms with E-state index in [4.69, 9.17) is 0 Å². The summed E-state index contributed by atoms with van der Waals surface area (Å²) in [6.07, 6.45) is -12.6. The van der Waals surface area contributed by atoms with Crippen LogP contribution in [-0.4, -0.2) is 0 Å². The molecule has 15 rings (SSSR count). The molecule has 2 heterocycles. The Morgan fingerprint density at radius 3 is 0.804 bits per heavy atom. The molecule has 0 saturated carbocycles. The molecule has 0 spiro atoms. The van der Waals surface area contributed by atoms with E-state index in [1.165, 1.54) is 144 Å². The quantitative estimate of drug-likeness (QED) is 0.163. The van der Waals surface area contributed by atoms with Gasteiger partial charge in [0.1, 0.15) is 0 Å². The van der Waals surface area contributed by atoms with E-state index >= 15 is 0 Å². The van der Waals surface area contributed by atoms with E-state index < -0.39 is 35.2 Å². The molecule has 13 aromatic carbocycles. The molecule has 550 valence electrons. The largest absolute Gasteiger partial charge is 0.416 e. The van der Waals surface area contributed by atoms with Gasteiger partial charge in [-0.15, -0.1) is 0 Å². The zero-order valence-electron chi connectivity index (χ0n) is 62.8. The summed E-state index contributed by atoms with van der Waals surface area (Å²) in [5, 5.41) is 0. The third kappa shape index (κ3) is 22.8. The number of alkyl halides is 9. The molecule has 0 saturated heterocycles. The van der Waals surface area contributed by atoms with Crippen LogP contribution in [-0.2, 0) is 23.9 Å². The highest BCUT2D eigenvalue weighted by molar-refractivity contribution is 6.01. The Labute approximate surface area is 626 Å². The molecule has 3 nitrogen and oxygen atoms in total. The van der Waals surface area contributed by atoms with Gasteiger partial charge in [-0.1, -0.05) is 283 Å². The molecule has 0 unspecified atom stereocenters. The van der Waals surface area contributed by atoms with Gasteiger partial charge in [-0.25, -0.2) is 0 Å². The van der Waals surface area contributed by atoms with Crippen molar-refractivity contribution in [2.75, 3.05) is 14.7 Å². The maximum absolute atomic E-state index is 12.0. The minimum Gasteiger partial charge on any atom is -0.310 e. The van der Waals surface area contributed by atoms with Crippen LogP contribution < -0.4 is 14.7 Å². The molecule has 0 amide bonds. The van der Waals surface area contributed by atoms with Gasteiger partial charge in [0.05, 0.1) is 50.8 Å². The lowest BCUT2D eigenvalue weighted by atomic mass is 9.73. The number of para-hydroxylation sites is 7. The SMILES string of the molecule is Cc1ccc(C(F)(F)F)cc1.Cc1ccc(C)cc1.Cc1ccc(N2c3ccccc3C(C)(C)c3ccccc32)cc1.Cc1ccc(N2c3ccccc3N(c3ccccc3)c3ccccc32)cc1.Cc1cccc(C(F)(F)F)c1.Cc1cccc(C)c1.Cc1ccccc1C.Cc1ccccc1C(F)(F)F. The fourth-order valence-electron chi connectivity index (χ4n) is 12.0. The van der Waals surface area contributed by atoms with Crippen LogP contribution in [0.25, 0.3) is 0 Å². The van der Waals surface area contributed by atoms with Crippen LogP contribution in [0.2, 0.25) is 0 Å². The van der Waals surface area contributed by atoms with Gasteiger partial charge in [-0.2, -0.15) is 39.5 Å². The number of hydrogen-bond acceptors (Lipinski definition) is 3. The standard InChI is InChI=1S/C25H20N2.C22H21N.3C8H7F3.3C8H10/c1-19-15-17-21(18-16-19)27-24-13-7-5-11-22(24)26(20-9-3-2-4-10-20)23-12-6-8-14-25(23)27;1-16-12-14-17(15-13-16)23-20-10-6-4-8-18(20)22(2,3)19-9-5-7-11-21(19)23;1-6-2-4-7(5-3-6)8(9,10)11;1-6-3-2-4-7(5-6)8(9,10)11;1-6-4-2-3-5-7(6)8(9,10)11;1-7-3-5-8(2)6-4-7;1-7-4-3-5-8(2)6-7;1-7-5-3-4-6-8(7)2/h2-18H,1H3;4-15H,1-3H3;3*2-5H,1H3;3*3-6H,1-2H3. The summed E-state index contributed by atoms with van der Waals surface area (Å²) in [4.78, 5) is 7.08. The third-order valence-electron chi connectivity index (χ3n) is 18.0. The summed E-state index contributed by atoms with van der Waals surface area (Å²) in [6, 6.07) is 104. The van der Waals surface area contributed by atoms with Crippen molar-refractivity contribution in [2.45, 2.75) is 114 Å². The van der Waals surface area contributed by atoms with Crippen molar-refractivity contribution in [3.63, 3.8) is 0 Å². The number of halogens is 9. The molecule has 0 aliphatic carbocycles. The zero-order valence-corrected chi connectivity index (χ0v) is 62.8. The molecule has 0 atom stereocenters. The van der Waals surface area contributed by atoms with Crippen molar-refractivity contribution in [1.82, 2.24) is 0 Å². The smallest absolute Gasteiger partial charge is 0.310 e. The second kappa shape index (κ2) is 37.1. The number of fused-ring (bicyclic) bond motifs is 4. The minimum absolute atomic E-state index is 0.00832. The Balaban J connectivity index is 0.000000163. The second-order valence-corrected chi connectivity index (χ2v) is 27.1. The van der Waals surface area contributed by atoms with Gasteiger partial charge in [0.25, 0.3) is 0 Å². The second-order valence-electron chi connectivity index (χ2n) is 27.1. The summed E-state index contributed by atoms with van der Waals surface area (Å²) in [5.41, 5.74) is 24.2. The number of aryl methyl sites for hydroxylation is 11. The molecule has 107 heavy (non-hydrogen) atoms. The summed E-state index contributed by atoms with van der Waals surface area (Å²) in [7, 11) is 0. The highest BCUT2D eigenvalue weighted by Crippen LogP contribution is 2.55. The van der Waals surface area contributed by atoms with Gasteiger partial charge in [-0.05, 0) is 201 Å². The number of benzene rings is 13. The fraction of sp³-hybridized carbons (Fsp3) is 0.179. The first-order valence-electron chi connectivity index (χ1n) is 35.3. The molecule has 0 N–H and O–H groups in total. The molecule has 0 aromatic heterocycles. The molecule has 0 fully saturated rings. The summed E-state index contributed by atoms with van der Waals surface area (Å²) in [5.74, 6) is 0. The molecule has 2 aliphatic rings. The van der Waals surface area contributed by atoms with Gasteiger partial charge in [0, 0.05) is 22.5 Å². The van der Waals surface area contributed by atoms with Crippen LogP contribution in [0.15, 0.2) is 322 Å². The predicted octanol–water partition coefficient (Wildman–Crippen LogP) is 29.3. The fourth-order valence-corrected chi connectivity index (χ4v) is 12.0. The van der Waals surface area contributed by atoms with E-state index in [9.17, 15) is 39.5 Å². The van der Waals surface area contributed by atoms with Crippen LogP contribution in [0.1, 0.15) is 103 Å². The third-order valence-corrected chi connectivity index (χ3v) is 18.0. The van der Waals surface area contributed by atoms with E-state index in [1.807, 2.05) is 0 Å². The first kappa shape index (κ1) is 81.3. The van der Waals surface area contributed by atoms with E-state index in [2.05, 4.69) is 333 Å². The van der Waals surface area contributed by atoms with E-state index in [0.29, 0.717) is 5.56 Å². The number of nitrogens with zero attached hydrogens (tertiary/aromatic N) is 3. The average Bonchev–Trinajstić information content (AvgIpc) is 0.737. The van der Waals surface area contributed by atoms with E-state index in [0.717, 1.165) is 35.9 Å². The highest BCUT2D eigenvalue weighted by atomic mass is 19.4. The van der Waals surface area contributed by atoms with Gasteiger partial charge < -0.3 is 14.7 Å². The van der Waals surface area contributed by atoms with E-state index in [1.54, 1.807) is 26.0 Å². The molecule has 13 aromatic rings. The van der Waals surface area contributed by atoms with Crippen molar-refractivity contribution in [1.29, 1.82) is 0 Å². The number of hydrogen-bond donors (Lipinski definition) is 0. The molecule has 2 aliphatic heterocycles. The van der Waals surface area contributed by atoms with Gasteiger partial charge in [0.2, 0.25) is 0 Å². The van der Waals surface area contributed by atoms with Crippen LogP contribution in [0, 0.1) is 76.2 Å². The Morgan fingerprint density at radius 1 is 0.215 bits per heavy atom. The summed E-state index contributed by atoms with van der Waals surface area (Å²) >= 11 is 0. The summed E-state index contributed by atoms with van der Waals surface area (Å²) < 4.78 is 108. The lowest BCUT2D eigenvalue weighted by molar-refractivity contribution is -0.138. The van der Waals surface area contributed by atoms with Crippen LogP contribution in [0.3, 0.4) is 0 Å². The summed E-state index contributed by atoms with van der Waals surface area (Å²) in [6.45, 7) is 26.4. The molecule has 0 radical (unpaired) electrons. The molecule has 12 heteroatoms. The van der Waals surface area contributed by atoms with E-state index in [-0.39, 0.29) is 11.0 Å². The van der Waals surface area contributed by atoms with Crippen molar-refractivity contribution in [3.05, 3.63) is 411 Å². The van der Waals surface area contributed by atoms with Gasteiger partial charge in [-0.3, -0.25) is 0 Å². The molecular formula is C95H92F9N3. The van der Waals surface area contributed by atoms with Crippen molar-refractivity contribution in [2.24, 2.45) is 0 Å². The monoisotopic (exact) mass is 1450 g/mol. The average molecular weight is 1450 g/mol. The maximum atomic E-state index is 12.0. The Morgan fingerprint density at radius 2 is 0.495 bits per heavy atom. The predicted molar refractivity (Wildman–Crippen MR) is 428 cm³/mol. The minimum atomic E-state index is -4.22. The van der Waals surface area contributed by atoms with Crippen molar-refractivity contribution >= 4 is 51.2 Å². The first-order chi connectivity index (χ1) is 50.8. The number of anilines is 9. The van der Waals surface area contributed by atoms with Gasteiger partial charge >= 0.3 is 18.5 Å². The lowest BCUT2D eigenvalue weighted by Crippen LogP contribution is -2.30. The number of rotatable bonds is 3. The van der Waals surface area contributed by atoms with Crippen molar-refractivity contribution in [3.8, 4) is 0 Å². The van der Waals surface area contributed by atoms with Crippen LogP contribution in [0.5, 0.6) is 0 Å². The van der Waals surface area contributed by atoms with Crippen LogP contribution in [0.4, 0.5) is 90.7 Å². The Hall–Kier alpha value is -11.4. The van der Waals surface area contributed by atoms with Crippen molar-refractivity contribution < 1.29 is 39.5 Å². The Kier molecular flexibility index (Phi) is 28.2. The highest BCUT2D eigenvalue weighted by Gasteiger charge is 2.37. The lowest BCUT2D eigenvalue weighted by Gasteiger charge is -2.42. The van der Waals surface area contributed by atoms with Crippen LogP contribution >= 0.6 is 0 Å². The normalized spacial score (nSPS) is 12.0. The van der Waals surface area contributed by atoms with Gasteiger partial charge in [0.15, 0.2) is 0 Å². The Bertz CT molecular complexity index is 4770. The maximum Gasteiger partial charge on any atom is 0.416 e. The molecule has 0 bridgehead atoms. The first-order valence-corrected chi connectivity index (χ1v) is 35.3. The topological polar surface area (TPSA) is 9.72 Å². The molecular weight excluding hydrogens is 1350 g/mol.